The molecule has 138 valence electrons. The fourth-order valence-corrected chi connectivity index (χ4v) is 5.44. The highest BCUT2D eigenvalue weighted by atomic mass is 16.2. The van der Waals surface area contributed by atoms with Crippen molar-refractivity contribution in [3.05, 3.63) is 35.4 Å². The first-order valence-electron chi connectivity index (χ1n) is 10.3. The third-order valence-corrected chi connectivity index (χ3v) is 7.26. The normalized spacial score (nSPS) is 39.0. The van der Waals surface area contributed by atoms with Gasteiger partial charge in [0.1, 0.15) is 0 Å². The van der Waals surface area contributed by atoms with Gasteiger partial charge in [0.15, 0.2) is 0 Å². The lowest BCUT2D eigenvalue weighted by molar-refractivity contribution is -0.125. The summed E-state index contributed by atoms with van der Waals surface area (Å²) in [6.45, 7) is 2.12. The topological polar surface area (TPSA) is 58.2 Å². The monoisotopic (exact) mass is 352 g/mol. The van der Waals surface area contributed by atoms with E-state index in [0.717, 1.165) is 24.7 Å². The Morgan fingerprint density at radius 2 is 1.92 bits per heavy atom. The molecule has 7 atom stereocenters. The molecular weight excluding hydrogens is 324 g/mol. The van der Waals surface area contributed by atoms with Crippen LogP contribution < -0.4 is 10.6 Å². The summed E-state index contributed by atoms with van der Waals surface area (Å²) in [5.41, 5.74) is 2.41. The van der Waals surface area contributed by atoms with Crippen LogP contribution in [-0.4, -0.2) is 17.9 Å². The van der Waals surface area contributed by atoms with Crippen LogP contribution in [0.3, 0.4) is 0 Å². The van der Waals surface area contributed by atoms with Gasteiger partial charge in [-0.1, -0.05) is 31.2 Å². The Morgan fingerprint density at radius 3 is 2.62 bits per heavy atom. The number of carbonyl (C=O) groups excluding carboxylic acids is 2. The van der Waals surface area contributed by atoms with Gasteiger partial charge in [-0.25, -0.2) is 0 Å². The Morgan fingerprint density at radius 1 is 1.12 bits per heavy atom. The number of hydrogen-bond acceptors (Lipinski definition) is 2. The first-order chi connectivity index (χ1) is 12.6. The first kappa shape index (κ1) is 16.3. The fraction of sp³-hybridized carbons (Fsp3) is 0.636. The number of amides is 2. The van der Waals surface area contributed by atoms with Crippen molar-refractivity contribution in [2.24, 2.45) is 29.6 Å². The Labute approximate surface area is 155 Å². The zero-order valence-electron chi connectivity index (χ0n) is 15.4. The summed E-state index contributed by atoms with van der Waals surface area (Å²) in [4.78, 5) is 25.2. The molecule has 0 radical (unpaired) electrons. The molecule has 26 heavy (non-hydrogen) atoms. The fourth-order valence-electron chi connectivity index (χ4n) is 5.44. The summed E-state index contributed by atoms with van der Waals surface area (Å²) in [5, 5.41) is 6.50. The second kappa shape index (κ2) is 6.11. The van der Waals surface area contributed by atoms with Crippen LogP contribution in [0, 0.1) is 29.6 Å². The summed E-state index contributed by atoms with van der Waals surface area (Å²) in [5.74, 6) is 3.28. The molecule has 4 nitrogen and oxygen atoms in total. The highest BCUT2D eigenvalue weighted by Crippen LogP contribution is 2.56. The highest BCUT2D eigenvalue weighted by molar-refractivity contribution is 5.82. The number of rotatable bonds is 5. The second-order valence-corrected chi connectivity index (χ2v) is 9.08. The van der Waals surface area contributed by atoms with E-state index >= 15 is 0 Å². The molecule has 0 saturated heterocycles. The smallest absolute Gasteiger partial charge is 0.223 e. The van der Waals surface area contributed by atoms with Gasteiger partial charge < -0.3 is 10.6 Å². The van der Waals surface area contributed by atoms with E-state index in [4.69, 9.17) is 0 Å². The number of fused-ring (bicyclic) bond motifs is 2. The molecule has 0 aromatic heterocycles. The molecule has 3 unspecified atom stereocenters. The van der Waals surface area contributed by atoms with Crippen molar-refractivity contribution >= 4 is 11.8 Å². The van der Waals surface area contributed by atoms with Crippen LogP contribution in [0.15, 0.2) is 24.3 Å². The van der Waals surface area contributed by atoms with Crippen molar-refractivity contribution in [2.75, 3.05) is 0 Å². The number of hydrogen-bond donors (Lipinski definition) is 2. The summed E-state index contributed by atoms with van der Waals surface area (Å²) in [7, 11) is 0. The van der Waals surface area contributed by atoms with Gasteiger partial charge in [-0.15, -0.1) is 0 Å². The summed E-state index contributed by atoms with van der Waals surface area (Å²) < 4.78 is 0. The molecule has 3 fully saturated rings. The molecule has 0 spiro atoms. The van der Waals surface area contributed by atoms with Crippen LogP contribution in [-0.2, 0) is 16.0 Å². The quantitative estimate of drug-likeness (QED) is 0.856. The molecule has 0 aliphatic heterocycles. The Bertz CT molecular complexity index is 745. The van der Waals surface area contributed by atoms with Gasteiger partial charge in [0.25, 0.3) is 0 Å². The average molecular weight is 352 g/mol. The van der Waals surface area contributed by atoms with Crippen LogP contribution in [0.25, 0.3) is 0 Å². The minimum atomic E-state index is -0.0901. The zero-order valence-corrected chi connectivity index (χ0v) is 15.4. The number of nitrogens with one attached hydrogen (secondary N) is 2. The van der Waals surface area contributed by atoms with Crippen LogP contribution in [0.5, 0.6) is 0 Å². The molecule has 3 saturated carbocycles. The first-order valence-corrected chi connectivity index (χ1v) is 10.3. The van der Waals surface area contributed by atoms with E-state index in [1.165, 1.54) is 30.4 Å². The summed E-state index contributed by atoms with van der Waals surface area (Å²) in [6.07, 6.45) is 6.33. The molecule has 2 amide bonds. The third-order valence-electron chi connectivity index (χ3n) is 7.26. The molecule has 4 aliphatic carbocycles. The van der Waals surface area contributed by atoms with E-state index in [0.29, 0.717) is 18.3 Å². The van der Waals surface area contributed by atoms with Crippen molar-refractivity contribution in [3.63, 3.8) is 0 Å². The van der Waals surface area contributed by atoms with Gasteiger partial charge in [0, 0.05) is 12.3 Å². The van der Waals surface area contributed by atoms with Crippen LogP contribution in [0.2, 0.25) is 0 Å². The van der Waals surface area contributed by atoms with Crippen LogP contribution in [0.4, 0.5) is 0 Å². The molecule has 4 aliphatic rings. The van der Waals surface area contributed by atoms with E-state index in [1.807, 2.05) is 12.1 Å². The van der Waals surface area contributed by atoms with Crippen LogP contribution >= 0.6 is 0 Å². The van der Waals surface area contributed by atoms with Gasteiger partial charge in [0.05, 0.1) is 12.1 Å². The summed E-state index contributed by atoms with van der Waals surface area (Å²) >= 11 is 0. The van der Waals surface area contributed by atoms with E-state index in [9.17, 15) is 9.59 Å². The maximum absolute atomic E-state index is 12.7. The van der Waals surface area contributed by atoms with Crippen molar-refractivity contribution in [1.82, 2.24) is 10.6 Å². The lowest BCUT2D eigenvalue weighted by Crippen LogP contribution is -2.45. The molecular formula is C22H28N2O2. The largest absolute Gasteiger partial charge is 0.351 e. The van der Waals surface area contributed by atoms with Crippen molar-refractivity contribution < 1.29 is 9.59 Å². The minimum Gasteiger partial charge on any atom is -0.351 e. The van der Waals surface area contributed by atoms with Gasteiger partial charge >= 0.3 is 0 Å². The van der Waals surface area contributed by atoms with Crippen molar-refractivity contribution in [3.8, 4) is 0 Å². The number of benzene rings is 1. The van der Waals surface area contributed by atoms with Crippen molar-refractivity contribution in [2.45, 2.75) is 57.5 Å². The van der Waals surface area contributed by atoms with Gasteiger partial charge in [0.2, 0.25) is 11.8 Å². The molecule has 0 bridgehead atoms. The van der Waals surface area contributed by atoms with Gasteiger partial charge in [-0.2, -0.15) is 0 Å². The maximum Gasteiger partial charge on any atom is 0.223 e. The molecule has 5 rings (SSSR count). The number of carbonyl (C=O) groups is 2. The predicted molar refractivity (Wildman–Crippen MR) is 99.2 cm³/mol. The SMILES string of the molecule is C[C@@H]1C[C@H]1C(=O)N[C@@H]1c2ccccc2C[C@H]1NC(=O)CC1CCC2CC12. The lowest BCUT2D eigenvalue weighted by atomic mass is 9.98. The van der Waals surface area contributed by atoms with Crippen LogP contribution in [0.1, 0.15) is 56.2 Å². The Kier molecular flexibility index (Phi) is 3.84. The average Bonchev–Trinajstić information content (AvgIpc) is 3.49. The lowest BCUT2D eigenvalue weighted by Gasteiger charge is -2.24. The van der Waals surface area contributed by atoms with E-state index in [-0.39, 0.29) is 29.8 Å². The standard InChI is InChI=1S/C22H28N2O2/c1-12-8-17(12)22(26)24-21-16-5-3-2-4-13(16)10-19(21)23-20(25)11-15-7-6-14-9-18(14)15/h2-5,12,14-15,17-19,21H,6-11H2,1H3,(H,23,25)(H,24,26)/t12-,14?,15?,17-,18?,19-,21-/m1/s1. The second-order valence-electron chi connectivity index (χ2n) is 9.08. The maximum atomic E-state index is 12.7. The predicted octanol–water partition coefficient (Wildman–Crippen LogP) is 2.98. The Balaban J connectivity index is 1.27. The molecule has 2 N–H and O–H groups in total. The Hall–Kier alpha value is -1.84. The zero-order chi connectivity index (χ0) is 17.8. The molecule has 4 heteroatoms. The molecule has 1 aromatic carbocycles. The van der Waals surface area contributed by atoms with E-state index < -0.39 is 0 Å². The van der Waals surface area contributed by atoms with E-state index in [1.54, 1.807) is 0 Å². The van der Waals surface area contributed by atoms with Crippen molar-refractivity contribution in [1.29, 1.82) is 0 Å². The molecule has 1 aromatic rings. The highest BCUT2D eigenvalue weighted by Gasteiger charge is 2.48. The van der Waals surface area contributed by atoms with Gasteiger partial charge in [-0.3, -0.25) is 9.59 Å². The molecule has 0 heterocycles. The van der Waals surface area contributed by atoms with E-state index in [2.05, 4.69) is 29.7 Å². The minimum absolute atomic E-state index is 0.0192. The van der Waals surface area contributed by atoms with Gasteiger partial charge in [-0.05, 0) is 66.9 Å². The third kappa shape index (κ3) is 2.93. The summed E-state index contributed by atoms with van der Waals surface area (Å²) in [6, 6.07) is 8.16.